The second-order valence-electron chi connectivity index (χ2n) is 8.09. The van der Waals surface area contributed by atoms with Gasteiger partial charge < -0.3 is 4.74 Å². The number of hydrogen-bond acceptors (Lipinski definition) is 7. The summed E-state index contributed by atoms with van der Waals surface area (Å²) in [7, 11) is -7.98. The van der Waals surface area contributed by atoms with Gasteiger partial charge in [0.1, 0.15) is 5.41 Å². The van der Waals surface area contributed by atoms with E-state index >= 15 is 0 Å². The number of carbonyl (C=O) groups excluding carboxylic acids is 2. The number of esters is 1. The molecule has 0 bridgehead atoms. The minimum absolute atomic E-state index is 0.153. The quantitative estimate of drug-likeness (QED) is 0.363. The van der Waals surface area contributed by atoms with E-state index in [4.69, 9.17) is 4.74 Å². The Morgan fingerprint density at radius 3 is 1.76 bits per heavy atom. The number of benzene rings is 3. The van der Waals surface area contributed by atoms with Crippen molar-refractivity contribution in [1.82, 2.24) is 0 Å². The number of sulfone groups is 2. The van der Waals surface area contributed by atoms with Crippen LogP contribution in [-0.4, -0.2) is 40.3 Å². The third-order valence-electron chi connectivity index (χ3n) is 6.12. The molecule has 3 aromatic rings. The molecule has 1 aliphatic carbocycles. The fourth-order valence-electron chi connectivity index (χ4n) is 4.36. The van der Waals surface area contributed by atoms with Gasteiger partial charge in [0.05, 0.1) is 16.9 Å². The Kier molecular flexibility index (Phi) is 6.18. The highest BCUT2D eigenvalue weighted by Crippen LogP contribution is 2.45. The number of Topliss-reactive ketones (excluding diaryl/α,β-unsaturated/α-hetero) is 1. The van der Waals surface area contributed by atoms with Gasteiger partial charge >= 0.3 is 5.97 Å². The van der Waals surface area contributed by atoms with E-state index in [1.807, 2.05) is 0 Å². The number of fused-ring (bicyclic) bond motifs is 1. The van der Waals surface area contributed by atoms with Crippen molar-refractivity contribution in [3.63, 3.8) is 0 Å². The average molecular weight is 499 g/mol. The van der Waals surface area contributed by atoms with Crippen molar-refractivity contribution in [2.75, 3.05) is 7.11 Å². The Morgan fingerprint density at radius 2 is 1.29 bits per heavy atom. The number of rotatable bonds is 7. The first-order valence-corrected chi connectivity index (χ1v) is 13.5. The lowest BCUT2D eigenvalue weighted by Gasteiger charge is -2.29. The van der Waals surface area contributed by atoms with Gasteiger partial charge in [0, 0.05) is 12.0 Å². The molecule has 1 aliphatic rings. The number of carbonyl (C=O) groups is 2. The van der Waals surface area contributed by atoms with E-state index in [9.17, 15) is 26.4 Å². The third-order valence-corrected chi connectivity index (χ3v) is 11.2. The molecule has 0 spiro atoms. The highest BCUT2D eigenvalue weighted by atomic mass is 32.3. The van der Waals surface area contributed by atoms with Gasteiger partial charge in [-0.15, -0.1) is 0 Å². The van der Waals surface area contributed by atoms with E-state index in [2.05, 4.69) is 0 Å². The largest absolute Gasteiger partial charge is 0.468 e. The molecule has 4 rings (SSSR count). The number of ether oxygens (including phenoxy) is 1. The molecule has 0 saturated heterocycles. The highest BCUT2D eigenvalue weighted by Gasteiger charge is 2.57. The van der Waals surface area contributed by atoms with E-state index in [1.165, 1.54) is 54.6 Å². The molecular formula is C25H22O7S2. The average Bonchev–Trinajstić information content (AvgIpc) is 3.15. The van der Waals surface area contributed by atoms with Crippen LogP contribution in [0.15, 0.2) is 94.7 Å². The SMILES string of the molecule is COC(=O)C1(CC(S(=O)(=O)c2ccccc2)S(=O)(=O)c2ccccc2)Cc2ccccc2C1=O. The summed E-state index contributed by atoms with van der Waals surface area (Å²) in [5.74, 6) is -1.61. The summed E-state index contributed by atoms with van der Waals surface area (Å²) in [6, 6.07) is 20.8. The number of hydrogen-bond donors (Lipinski definition) is 0. The van der Waals surface area contributed by atoms with Crippen LogP contribution in [0.25, 0.3) is 0 Å². The van der Waals surface area contributed by atoms with Crippen LogP contribution in [0.3, 0.4) is 0 Å². The van der Waals surface area contributed by atoms with Crippen molar-refractivity contribution in [2.45, 2.75) is 27.2 Å². The van der Waals surface area contributed by atoms with Gasteiger partial charge in [-0.1, -0.05) is 60.7 Å². The molecule has 176 valence electrons. The van der Waals surface area contributed by atoms with Crippen LogP contribution < -0.4 is 0 Å². The lowest BCUT2D eigenvalue weighted by molar-refractivity contribution is -0.149. The Balaban J connectivity index is 1.92. The molecule has 1 unspecified atom stereocenters. The summed E-state index contributed by atoms with van der Waals surface area (Å²) in [5, 5.41) is 0. The smallest absolute Gasteiger partial charge is 0.320 e. The van der Waals surface area contributed by atoms with Gasteiger partial charge in [0.25, 0.3) is 0 Å². The fourth-order valence-corrected chi connectivity index (χ4v) is 9.05. The molecule has 34 heavy (non-hydrogen) atoms. The van der Waals surface area contributed by atoms with Crippen molar-refractivity contribution >= 4 is 31.4 Å². The lowest BCUT2D eigenvalue weighted by Crippen LogP contribution is -2.45. The summed E-state index contributed by atoms with van der Waals surface area (Å²) < 4.78 is 57.8. The fraction of sp³-hybridized carbons (Fsp3) is 0.200. The summed E-state index contributed by atoms with van der Waals surface area (Å²) in [4.78, 5) is 26.1. The molecule has 0 fully saturated rings. The Hall–Kier alpha value is -3.30. The van der Waals surface area contributed by atoms with Gasteiger partial charge in [-0.2, -0.15) is 0 Å². The molecule has 0 heterocycles. The van der Waals surface area contributed by atoms with Gasteiger partial charge in [-0.3, -0.25) is 9.59 Å². The molecule has 0 saturated carbocycles. The first-order chi connectivity index (χ1) is 16.1. The van der Waals surface area contributed by atoms with Crippen molar-refractivity contribution in [2.24, 2.45) is 5.41 Å². The summed E-state index contributed by atoms with van der Waals surface area (Å²) in [5.41, 5.74) is -1.21. The normalized spacial score (nSPS) is 18.0. The predicted octanol–water partition coefficient (Wildman–Crippen LogP) is 3.25. The third kappa shape index (κ3) is 3.84. The first kappa shape index (κ1) is 23.8. The van der Waals surface area contributed by atoms with E-state index in [0.717, 1.165) is 7.11 Å². The standard InChI is InChI=1S/C25H22O7S2/c1-32-24(27)25(16-18-10-8-9-15-21(18)23(25)26)17-22(33(28,29)19-11-4-2-5-12-19)34(30,31)20-13-6-3-7-14-20/h2-15,22H,16-17H2,1H3. The molecule has 1 atom stereocenters. The van der Waals surface area contributed by atoms with Crippen molar-refractivity contribution < 1.29 is 31.2 Å². The number of ketones is 1. The maximum Gasteiger partial charge on any atom is 0.320 e. The molecule has 7 nitrogen and oxygen atoms in total. The molecule has 9 heteroatoms. The Bertz CT molecular complexity index is 1380. The van der Waals surface area contributed by atoms with Crippen molar-refractivity contribution in [3.8, 4) is 0 Å². The zero-order chi connectivity index (χ0) is 24.6. The van der Waals surface area contributed by atoms with Crippen molar-refractivity contribution in [3.05, 3.63) is 96.1 Å². The van der Waals surface area contributed by atoms with Gasteiger partial charge in [0.15, 0.2) is 30.0 Å². The van der Waals surface area contributed by atoms with Crippen LogP contribution in [0.2, 0.25) is 0 Å². The zero-order valence-electron chi connectivity index (χ0n) is 18.2. The van der Waals surface area contributed by atoms with Gasteiger partial charge in [-0.25, -0.2) is 16.8 Å². The molecule has 0 amide bonds. The molecule has 0 aromatic heterocycles. The highest BCUT2D eigenvalue weighted by molar-refractivity contribution is 8.09. The van der Waals surface area contributed by atoms with E-state index in [1.54, 1.807) is 30.3 Å². The topological polar surface area (TPSA) is 112 Å². The van der Waals surface area contributed by atoms with E-state index in [0.29, 0.717) is 5.56 Å². The van der Waals surface area contributed by atoms with Crippen LogP contribution in [-0.2, 0) is 35.6 Å². The van der Waals surface area contributed by atoms with Crippen LogP contribution in [0, 0.1) is 5.41 Å². The molecule has 0 aliphatic heterocycles. The summed E-state index contributed by atoms with van der Waals surface area (Å²) >= 11 is 0. The second kappa shape index (κ2) is 8.81. The number of methoxy groups -OCH3 is 1. The Labute approximate surface area is 198 Å². The van der Waals surface area contributed by atoms with Crippen LogP contribution >= 0.6 is 0 Å². The van der Waals surface area contributed by atoms with Crippen LogP contribution in [0.1, 0.15) is 22.3 Å². The zero-order valence-corrected chi connectivity index (χ0v) is 19.9. The molecular weight excluding hydrogens is 476 g/mol. The van der Waals surface area contributed by atoms with Crippen molar-refractivity contribution in [1.29, 1.82) is 0 Å². The maximum absolute atomic E-state index is 13.7. The van der Waals surface area contributed by atoms with Gasteiger partial charge in [0.2, 0.25) is 0 Å². The molecule has 0 N–H and O–H groups in total. The minimum atomic E-state index is -4.53. The van der Waals surface area contributed by atoms with E-state index in [-0.39, 0.29) is 21.8 Å². The summed E-state index contributed by atoms with van der Waals surface area (Å²) in [6.45, 7) is 0. The monoisotopic (exact) mass is 498 g/mol. The van der Waals surface area contributed by atoms with E-state index < -0.39 is 47.8 Å². The van der Waals surface area contributed by atoms with Gasteiger partial charge in [-0.05, 0) is 36.2 Å². The second-order valence-corrected chi connectivity index (χ2v) is 12.6. The molecule has 0 radical (unpaired) electrons. The first-order valence-electron chi connectivity index (χ1n) is 10.4. The molecule has 3 aromatic carbocycles. The van der Waals surface area contributed by atoms with Crippen LogP contribution in [0.4, 0.5) is 0 Å². The maximum atomic E-state index is 13.7. The predicted molar refractivity (Wildman–Crippen MR) is 125 cm³/mol. The lowest BCUT2D eigenvalue weighted by atomic mass is 9.81. The minimum Gasteiger partial charge on any atom is -0.468 e. The Morgan fingerprint density at radius 1 is 0.824 bits per heavy atom. The summed E-state index contributed by atoms with van der Waals surface area (Å²) in [6.07, 6.45) is -0.929. The van der Waals surface area contributed by atoms with Crippen LogP contribution in [0.5, 0.6) is 0 Å².